The summed E-state index contributed by atoms with van der Waals surface area (Å²) in [6.45, 7) is 2.39. The van der Waals surface area contributed by atoms with Gasteiger partial charge in [-0.1, -0.05) is 18.5 Å². The van der Waals surface area contributed by atoms with E-state index >= 15 is 0 Å². The van der Waals surface area contributed by atoms with Gasteiger partial charge in [-0.15, -0.1) is 11.3 Å². The summed E-state index contributed by atoms with van der Waals surface area (Å²) >= 11 is 7.16. The first-order valence-corrected chi connectivity index (χ1v) is 8.15. The maximum Gasteiger partial charge on any atom is 0.289 e. The van der Waals surface area contributed by atoms with Gasteiger partial charge in [-0.25, -0.2) is 4.98 Å². The molecule has 22 heavy (non-hydrogen) atoms. The lowest BCUT2D eigenvalue weighted by molar-refractivity contribution is -0.440. The molecule has 0 spiro atoms. The zero-order valence-corrected chi connectivity index (χ0v) is 14.3. The van der Waals surface area contributed by atoms with Crippen molar-refractivity contribution < 1.29 is 9.66 Å². The summed E-state index contributed by atoms with van der Waals surface area (Å²) < 4.78 is 5.91. The third kappa shape index (κ3) is 3.50. The standard InChI is InChI=1S/C13H19ClN4O3S/c1-4-8-5-10(21-3)17(2)12(11(8)18(19)20)15-6-9-7-16-13(14)22-9/h7-8,10,15H,4-6H2,1-3H3. The van der Waals surface area contributed by atoms with Crippen molar-refractivity contribution in [3.8, 4) is 0 Å². The van der Waals surface area contributed by atoms with Crippen LogP contribution < -0.4 is 5.32 Å². The Morgan fingerprint density at radius 3 is 2.91 bits per heavy atom. The number of allylic oxidation sites excluding steroid dienone is 1. The number of hydrogen-bond acceptors (Lipinski definition) is 7. The van der Waals surface area contributed by atoms with E-state index in [-0.39, 0.29) is 22.8 Å². The molecule has 1 aromatic heterocycles. The van der Waals surface area contributed by atoms with Crippen molar-refractivity contribution in [3.05, 3.63) is 37.2 Å². The Labute approximate surface area is 138 Å². The van der Waals surface area contributed by atoms with Gasteiger partial charge in [-0.05, 0) is 6.42 Å². The molecule has 0 amide bonds. The second kappa shape index (κ2) is 7.26. The van der Waals surface area contributed by atoms with E-state index in [1.54, 1.807) is 25.3 Å². The minimum atomic E-state index is -0.293. The van der Waals surface area contributed by atoms with Gasteiger partial charge in [0, 0.05) is 31.7 Å². The average molecular weight is 347 g/mol. The Bertz CT molecular complexity index is 577. The number of ether oxygens (including phenoxy) is 1. The molecule has 1 aliphatic heterocycles. The molecule has 1 N–H and O–H groups in total. The fraction of sp³-hybridized carbons (Fsp3) is 0.615. The number of nitrogens with one attached hydrogen (secondary N) is 1. The van der Waals surface area contributed by atoms with Gasteiger partial charge in [-0.2, -0.15) is 0 Å². The van der Waals surface area contributed by atoms with Crippen molar-refractivity contribution >= 4 is 22.9 Å². The van der Waals surface area contributed by atoms with Crippen molar-refractivity contribution in [3.63, 3.8) is 0 Å². The van der Waals surface area contributed by atoms with Crippen LogP contribution in [-0.4, -0.2) is 35.2 Å². The number of methoxy groups -OCH3 is 1. The van der Waals surface area contributed by atoms with Crippen molar-refractivity contribution in [2.45, 2.75) is 32.5 Å². The first-order valence-electron chi connectivity index (χ1n) is 6.96. The van der Waals surface area contributed by atoms with Gasteiger partial charge in [0.15, 0.2) is 10.3 Å². The molecule has 7 nitrogen and oxygen atoms in total. The summed E-state index contributed by atoms with van der Waals surface area (Å²) in [5.74, 6) is 0.364. The molecule has 2 rings (SSSR count). The Hall–Kier alpha value is -1.38. The van der Waals surface area contributed by atoms with Crippen molar-refractivity contribution in [2.75, 3.05) is 14.2 Å². The van der Waals surface area contributed by atoms with E-state index in [0.717, 1.165) is 4.88 Å². The van der Waals surface area contributed by atoms with Crippen LogP contribution in [0.4, 0.5) is 0 Å². The van der Waals surface area contributed by atoms with Crippen molar-refractivity contribution in [1.29, 1.82) is 0 Å². The highest BCUT2D eigenvalue weighted by molar-refractivity contribution is 7.15. The predicted octanol–water partition coefficient (Wildman–Crippen LogP) is 2.67. The molecule has 2 atom stereocenters. The summed E-state index contributed by atoms with van der Waals surface area (Å²) in [6, 6.07) is 0. The van der Waals surface area contributed by atoms with Crippen LogP contribution in [0.3, 0.4) is 0 Å². The van der Waals surface area contributed by atoms with Crippen molar-refractivity contribution in [2.24, 2.45) is 5.92 Å². The molecule has 1 aliphatic rings. The molecule has 2 heterocycles. The molecule has 0 saturated heterocycles. The van der Waals surface area contributed by atoms with Crippen molar-refractivity contribution in [1.82, 2.24) is 15.2 Å². The van der Waals surface area contributed by atoms with Gasteiger partial charge in [0.25, 0.3) is 5.70 Å². The summed E-state index contributed by atoms with van der Waals surface area (Å²) in [7, 11) is 3.41. The van der Waals surface area contributed by atoms with Gasteiger partial charge in [-0.3, -0.25) is 10.1 Å². The average Bonchev–Trinajstić information content (AvgIpc) is 2.90. The quantitative estimate of drug-likeness (QED) is 0.630. The molecule has 122 valence electrons. The first-order chi connectivity index (χ1) is 10.5. The Morgan fingerprint density at radius 2 is 2.41 bits per heavy atom. The van der Waals surface area contributed by atoms with Crippen LogP contribution in [0.1, 0.15) is 24.6 Å². The molecule has 2 unspecified atom stereocenters. The maximum atomic E-state index is 11.5. The number of aromatic nitrogens is 1. The highest BCUT2D eigenvalue weighted by atomic mass is 35.5. The third-order valence-electron chi connectivity index (χ3n) is 3.82. The number of halogens is 1. The van der Waals surface area contributed by atoms with Crippen LogP contribution in [0.15, 0.2) is 17.7 Å². The van der Waals surface area contributed by atoms with Crippen LogP contribution in [0.2, 0.25) is 4.47 Å². The van der Waals surface area contributed by atoms with Crippen LogP contribution in [0.25, 0.3) is 0 Å². The lowest BCUT2D eigenvalue weighted by atomic mass is 9.93. The SMILES string of the molecule is CCC1CC(OC)N(C)C(NCc2cnc(Cl)s2)=C1[N+](=O)[O-]. The molecular weight excluding hydrogens is 328 g/mol. The third-order valence-corrected chi connectivity index (χ3v) is 4.93. The minimum absolute atomic E-state index is 0.135. The Morgan fingerprint density at radius 1 is 1.68 bits per heavy atom. The van der Waals surface area contributed by atoms with Gasteiger partial charge in [0.2, 0.25) is 0 Å². The van der Waals surface area contributed by atoms with Gasteiger partial charge < -0.3 is 15.0 Å². The summed E-state index contributed by atoms with van der Waals surface area (Å²) in [5.41, 5.74) is 0.217. The molecule has 0 saturated carbocycles. The molecule has 0 aromatic carbocycles. The topological polar surface area (TPSA) is 80.5 Å². The Kier molecular flexibility index (Phi) is 5.60. The molecule has 1 aromatic rings. The van der Waals surface area contributed by atoms with E-state index in [1.165, 1.54) is 11.3 Å². The van der Waals surface area contributed by atoms with E-state index in [1.807, 2.05) is 6.92 Å². The fourth-order valence-electron chi connectivity index (χ4n) is 2.63. The Balaban J connectivity index is 2.28. The zero-order chi connectivity index (χ0) is 16.3. The van der Waals surface area contributed by atoms with Crippen LogP contribution in [-0.2, 0) is 11.3 Å². The lowest BCUT2D eigenvalue weighted by Gasteiger charge is -2.37. The number of hydrogen-bond donors (Lipinski definition) is 1. The number of rotatable bonds is 6. The minimum Gasteiger partial charge on any atom is -0.362 e. The molecule has 0 fully saturated rings. The number of thiazole rings is 1. The second-order valence-electron chi connectivity index (χ2n) is 5.07. The van der Waals surface area contributed by atoms with E-state index < -0.39 is 0 Å². The first kappa shape index (κ1) is 17.0. The highest BCUT2D eigenvalue weighted by Crippen LogP contribution is 2.32. The normalized spacial score (nSPS) is 22.1. The fourth-order valence-corrected chi connectivity index (χ4v) is 3.55. The number of nitrogens with zero attached hydrogens (tertiary/aromatic N) is 3. The lowest BCUT2D eigenvalue weighted by Crippen LogP contribution is -2.45. The van der Waals surface area contributed by atoms with Gasteiger partial charge in [0.1, 0.15) is 6.23 Å². The van der Waals surface area contributed by atoms with Gasteiger partial charge >= 0.3 is 0 Å². The summed E-state index contributed by atoms with van der Waals surface area (Å²) in [5, 5.41) is 14.7. The molecule has 9 heteroatoms. The zero-order valence-electron chi connectivity index (χ0n) is 12.7. The van der Waals surface area contributed by atoms with E-state index in [9.17, 15) is 10.1 Å². The van der Waals surface area contributed by atoms with Crippen LogP contribution >= 0.6 is 22.9 Å². The monoisotopic (exact) mass is 346 g/mol. The molecule has 0 bridgehead atoms. The molecular formula is C13H19ClN4O3S. The predicted molar refractivity (Wildman–Crippen MR) is 84.9 cm³/mol. The summed E-state index contributed by atoms with van der Waals surface area (Å²) in [4.78, 5) is 17.9. The number of nitro groups is 1. The highest BCUT2D eigenvalue weighted by Gasteiger charge is 2.39. The van der Waals surface area contributed by atoms with E-state index in [2.05, 4.69) is 10.3 Å². The largest absolute Gasteiger partial charge is 0.362 e. The van der Waals surface area contributed by atoms with E-state index in [0.29, 0.717) is 29.7 Å². The molecule has 0 radical (unpaired) electrons. The molecule has 0 aliphatic carbocycles. The van der Waals surface area contributed by atoms with Crippen LogP contribution in [0.5, 0.6) is 0 Å². The summed E-state index contributed by atoms with van der Waals surface area (Å²) in [6.07, 6.45) is 2.79. The van der Waals surface area contributed by atoms with Crippen LogP contribution in [0, 0.1) is 16.0 Å². The second-order valence-corrected chi connectivity index (χ2v) is 6.76. The van der Waals surface area contributed by atoms with Gasteiger partial charge in [0.05, 0.1) is 17.4 Å². The maximum absolute atomic E-state index is 11.5. The smallest absolute Gasteiger partial charge is 0.289 e. The van der Waals surface area contributed by atoms with E-state index in [4.69, 9.17) is 16.3 Å².